The number of amides is 1. The zero-order valence-electron chi connectivity index (χ0n) is 23.1. The zero-order chi connectivity index (χ0) is 30.1. The number of rotatable bonds is 4. The van der Waals surface area contributed by atoms with Crippen molar-refractivity contribution in [2.75, 3.05) is 29.5 Å². The third-order valence-electron chi connectivity index (χ3n) is 8.02. The summed E-state index contributed by atoms with van der Waals surface area (Å²) in [4.78, 5) is 42.7. The lowest BCUT2D eigenvalue weighted by Crippen LogP contribution is -2.58. The van der Waals surface area contributed by atoms with Crippen molar-refractivity contribution in [3.8, 4) is 11.1 Å². The Hall–Kier alpha value is -3.65. The summed E-state index contributed by atoms with van der Waals surface area (Å²) in [6.07, 6.45) is -1.36. The smallest absolute Gasteiger partial charge is 0.368 e. The van der Waals surface area contributed by atoms with Gasteiger partial charge in [0.05, 0.1) is 27.5 Å². The van der Waals surface area contributed by atoms with E-state index in [0.29, 0.717) is 51.5 Å². The second kappa shape index (κ2) is 10.3. The molecule has 1 saturated heterocycles. The van der Waals surface area contributed by atoms with Gasteiger partial charge in [-0.25, -0.2) is 14.8 Å². The number of alkyl halides is 3. The summed E-state index contributed by atoms with van der Waals surface area (Å²) in [5.74, 6) is 0.346. The fourth-order valence-electron chi connectivity index (χ4n) is 5.97. The number of benzene rings is 1. The van der Waals surface area contributed by atoms with Crippen LogP contribution in [0, 0.1) is 0 Å². The highest BCUT2D eigenvalue weighted by Gasteiger charge is 2.41. The van der Waals surface area contributed by atoms with E-state index in [2.05, 4.69) is 21.5 Å². The lowest BCUT2D eigenvalue weighted by Gasteiger charge is -2.45. The van der Waals surface area contributed by atoms with Crippen molar-refractivity contribution in [2.24, 2.45) is 0 Å². The maximum atomic E-state index is 15.0. The van der Waals surface area contributed by atoms with Crippen LogP contribution in [0.25, 0.3) is 32.2 Å². The topological polar surface area (TPSA) is 110 Å². The molecular weight excluding hydrogens is 587 g/mol. The molecule has 2 N–H and O–H groups in total. The highest BCUT2D eigenvalue weighted by atomic mass is 32.2. The van der Waals surface area contributed by atoms with Crippen molar-refractivity contribution in [1.29, 1.82) is 0 Å². The molecule has 0 saturated carbocycles. The Morgan fingerprint density at radius 1 is 1.24 bits per heavy atom. The van der Waals surface area contributed by atoms with Gasteiger partial charge in [-0.15, -0.1) is 23.1 Å². The minimum absolute atomic E-state index is 0.0213. The molecule has 2 aliphatic rings. The fourth-order valence-corrected chi connectivity index (χ4v) is 8.27. The van der Waals surface area contributed by atoms with Crippen LogP contribution in [0.1, 0.15) is 38.8 Å². The Labute approximate surface area is 247 Å². The van der Waals surface area contributed by atoms with E-state index in [0.717, 1.165) is 6.07 Å². The van der Waals surface area contributed by atoms with Crippen LogP contribution >= 0.6 is 23.1 Å². The number of aromatic nitrogens is 4. The Bertz CT molecular complexity index is 1820. The summed E-state index contributed by atoms with van der Waals surface area (Å²) in [5, 5.41) is 1.89. The van der Waals surface area contributed by atoms with Gasteiger partial charge in [-0.05, 0) is 32.4 Å². The van der Waals surface area contributed by atoms with Gasteiger partial charge < -0.3 is 15.5 Å². The number of halogens is 3. The summed E-state index contributed by atoms with van der Waals surface area (Å²) in [7, 11) is 0. The summed E-state index contributed by atoms with van der Waals surface area (Å²) >= 11 is 2.55. The molecule has 220 valence electrons. The Morgan fingerprint density at radius 2 is 2.00 bits per heavy atom. The number of carbonyl (C=O) groups is 1. The monoisotopic (exact) mass is 615 g/mol. The highest BCUT2D eigenvalue weighted by molar-refractivity contribution is 7.99. The van der Waals surface area contributed by atoms with Crippen LogP contribution in [0.15, 0.2) is 40.0 Å². The lowest BCUT2D eigenvalue weighted by molar-refractivity contribution is -0.137. The standard InChI is InChI=1S/C28H28F3N7O2S2/c1-5-15-11-42-24-21(17-12-41-19-8-33-26(32)34-22(17)19)18(28(29,30)31)7-16-23(24)38(15)27(40)35-25(16)37-10-13(3)36(9-14(37)4)20(39)6-2/h6-8,12-15H,2,5,9-11H2,1,3-4H3,(H2,32,33,34)/t13-,14?,15?/m1/s1. The molecule has 5 heterocycles. The normalized spacial score (nSPS) is 20.9. The van der Waals surface area contributed by atoms with Crippen LogP contribution in [0.4, 0.5) is 24.9 Å². The number of nitrogens with two attached hydrogens (primary N) is 1. The number of hydrogen-bond acceptors (Lipinski definition) is 9. The third kappa shape index (κ3) is 4.42. The number of anilines is 2. The first-order valence-corrected chi connectivity index (χ1v) is 15.3. The van der Waals surface area contributed by atoms with E-state index in [1.165, 1.54) is 35.4 Å². The van der Waals surface area contributed by atoms with Crippen molar-refractivity contribution in [1.82, 2.24) is 24.4 Å². The maximum Gasteiger partial charge on any atom is 0.417 e. The SMILES string of the molecule is C=CC(=O)N1CC(C)N(c2nc(=O)n3c4c(c(-c5csc6cnc(N)nc56)c(C(F)(F)F)cc24)SCC3CC)C[C@H]1C. The summed E-state index contributed by atoms with van der Waals surface area (Å²) in [6, 6.07) is 0.295. The van der Waals surface area contributed by atoms with Gasteiger partial charge in [-0.3, -0.25) is 9.36 Å². The molecule has 3 aromatic heterocycles. The molecule has 1 amide bonds. The first kappa shape index (κ1) is 28.5. The van der Waals surface area contributed by atoms with Crippen LogP contribution in [0.3, 0.4) is 0 Å². The number of nitrogen functional groups attached to an aromatic ring is 1. The van der Waals surface area contributed by atoms with E-state index >= 15 is 0 Å². The molecule has 2 aliphatic heterocycles. The summed E-state index contributed by atoms with van der Waals surface area (Å²) in [5.41, 5.74) is 5.53. The minimum Gasteiger partial charge on any atom is -0.368 e. The number of thiophene rings is 1. The van der Waals surface area contributed by atoms with E-state index < -0.39 is 17.4 Å². The van der Waals surface area contributed by atoms with Crippen LogP contribution < -0.4 is 16.3 Å². The molecule has 6 rings (SSSR count). The van der Waals surface area contributed by atoms with Crippen molar-refractivity contribution in [2.45, 2.75) is 56.4 Å². The number of hydrogen-bond donors (Lipinski definition) is 1. The number of thioether (sulfide) groups is 1. The highest BCUT2D eigenvalue weighted by Crippen LogP contribution is 2.52. The third-order valence-corrected chi connectivity index (χ3v) is 10.2. The molecule has 9 nitrogen and oxygen atoms in total. The minimum atomic E-state index is -4.72. The quantitative estimate of drug-likeness (QED) is 0.307. The average molecular weight is 616 g/mol. The van der Waals surface area contributed by atoms with Crippen molar-refractivity contribution < 1.29 is 18.0 Å². The summed E-state index contributed by atoms with van der Waals surface area (Å²) < 4.78 is 47.1. The molecule has 1 fully saturated rings. The number of carbonyl (C=O) groups excluding carboxylic acids is 1. The van der Waals surface area contributed by atoms with E-state index in [1.807, 2.05) is 25.7 Å². The molecule has 0 aliphatic carbocycles. The predicted octanol–water partition coefficient (Wildman–Crippen LogP) is 5.34. The van der Waals surface area contributed by atoms with Gasteiger partial charge in [0.2, 0.25) is 11.9 Å². The van der Waals surface area contributed by atoms with Gasteiger partial charge in [0.15, 0.2) is 0 Å². The van der Waals surface area contributed by atoms with Crippen molar-refractivity contribution >= 4 is 61.9 Å². The van der Waals surface area contributed by atoms with Crippen molar-refractivity contribution in [3.63, 3.8) is 0 Å². The Morgan fingerprint density at radius 3 is 2.69 bits per heavy atom. The fraction of sp³-hybridized carbons (Fsp3) is 0.393. The lowest BCUT2D eigenvalue weighted by atomic mass is 9.96. The van der Waals surface area contributed by atoms with Crippen molar-refractivity contribution in [3.05, 3.63) is 46.3 Å². The first-order valence-electron chi connectivity index (χ1n) is 13.5. The van der Waals surface area contributed by atoms with Gasteiger partial charge in [0.1, 0.15) is 5.82 Å². The molecule has 0 bridgehead atoms. The van der Waals surface area contributed by atoms with Gasteiger partial charge in [0, 0.05) is 63.8 Å². The van der Waals surface area contributed by atoms with E-state index in [9.17, 15) is 22.8 Å². The predicted molar refractivity (Wildman–Crippen MR) is 160 cm³/mol. The number of fused-ring (bicyclic) bond motifs is 1. The first-order chi connectivity index (χ1) is 19.9. The second-order valence-electron chi connectivity index (χ2n) is 10.6. The maximum absolute atomic E-state index is 15.0. The van der Waals surface area contributed by atoms with Gasteiger partial charge >= 0.3 is 11.9 Å². The van der Waals surface area contributed by atoms with Gasteiger partial charge in [-0.1, -0.05) is 13.5 Å². The molecule has 4 aromatic rings. The van der Waals surface area contributed by atoms with Gasteiger partial charge in [-0.2, -0.15) is 18.2 Å². The van der Waals surface area contributed by atoms with E-state index in [4.69, 9.17) is 5.73 Å². The molecular formula is C28H28F3N7O2S2. The molecule has 0 spiro atoms. The van der Waals surface area contributed by atoms with Crippen LogP contribution in [-0.2, 0) is 11.0 Å². The number of nitrogens with zero attached hydrogens (tertiary/aromatic N) is 6. The van der Waals surface area contributed by atoms with Crippen LogP contribution in [0.2, 0.25) is 0 Å². The van der Waals surface area contributed by atoms with Crippen LogP contribution in [0.5, 0.6) is 0 Å². The molecule has 3 atom stereocenters. The molecule has 2 unspecified atom stereocenters. The summed E-state index contributed by atoms with van der Waals surface area (Å²) in [6.45, 7) is 9.84. The Kier molecular flexibility index (Phi) is 6.96. The van der Waals surface area contributed by atoms with Crippen LogP contribution in [-0.4, -0.2) is 61.3 Å². The number of piperazine rings is 1. The average Bonchev–Trinajstić information content (AvgIpc) is 3.36. The zero-order valence-corrected chi connectivity index (χ0v) is 24.7. The largest absolute Gasteiger partial charge is 0.417 e. The van der Waals surface area contributed by atoms with E-state index in [-0.39, 0.29) is 46.7 Å². The Balaban J connectivity index is 1.68. The van der Waals surface area contributed by atoms with Gasteiger partial charge in [0.25, 0.3) is 0 Å². The molecule has 14 heteroatoms. The molecule has 42 heavy (non-hydrogen) atoms. The molecule has 1 aromatic carbocycles. The second-order valence-corrected chi connectivity index (χ2v) is 12.6. The molecule has 0 radical (unpaired) electrons. The van der Waals surface area contributed by atoms with E-state index in [1.54, 1.807) is 14.8 Å².